The van der Waals surface area contributed by atoms with Crippen LogP contribution >= 0.6 is 0 Å². The molecule has 0 aliphatic heterocycles. The molecule has 1 N–H and O–H groups in total. The van der Waals surface area contributed by atoms with Gasteiger partial charge in [0, 0.05) is 0 Å². The maximum Gasteiger partial charge on any atom is 1.00 e. The van der Waals surface area contributed by atoms with Gasteiger partial charge in [-0.25, -0.2) is 0 Å². The first kappa shape index (κ1) is 11.0. The van der Waals surface area contributed by atoms with Gasteiger partial charge in [-0.15, -0.1) is 0 Å². The molecule has 0 aromatic heterocycles. The maximum atomic E-state index is 9.28. The number of aromatic hydroxyl groups is 1. The zero-order valence-corrected chi connectivity index (χ0v) is 9.33. The zero-order chi connectivity index (χ0) is 7.56. The first-order chi connectivity index (χ1) is 4.72. The SMILES string of the molecule is CC(C)c1ccccc1O.[H-].[Na+]. The summed E-state index contributed by atoms with van der Waals surface area (Å²) < 4.78 is 0. The molecule has 1 aromatic carbocycles. The van der Waals surface area contributed by atoms with Crippen molar-refractivity contribution in [3.63, 3.8) is 0 Å². The molecule has 1 rings (SSSR count). The predicted octanol–water partition coefficient (Wildman–Crippen LogP) is -0.368. The number of para-hydroxylation sites is 1. The molecular formula is C9H13NaO. The van der Waals surface area contributed by atoms with Crippen molar-refractivity contribution in [1.82, 2.24) is 0 Å². The third kappa shape index (κ3) is 2.86. The Kier molecular flexibility index (Phi) is 4.82. The van der Waals surface area contributed by atoms with Gasteiger partial charge < -0.3 is 6.53 Å². The molecule has 0 atom stereocenters. The Morgan fingerprint density at radius 2 is 1.82 bits per heavy atom. The quantitative estimate of drug-likeness (QED) is 0.556. The summed E-state index contributed by atoms with van der Waals surface area (Å²) in [4.78, 5) is 0. The van der Waals surface area contributed by atoms with E-state index < -0.39 is 0 Å². The van der Waals surface area contributed by atoms with Crippen molar-refractivity contribution in [2.45, 2.75) is 19.8 Å². The van der Waals surface area contributed by atoms with Crippen molar-refractivity contribution in [1.29, 1.82) is 0 Å². The second-order valence-corrected chi connectivity index (χ2v) is 2.71. The van der Waals surface area contributed by atoms with Crippen molar-refractivity contribution in [2.75, 3.05) is 0 Å². The number of phenols is 1. The average molecular weight is 160 g/mol. The smallest absolute Gasteiger partial charge is 1.00 e. The minimum absolute atomic E-state index is 0. The third-order valence-corrected chi connectivity index (χ3v) is 1.56. The van der Waals surface area contributed by atoms with Crippen LogP contribution < -0.4 is 29.6 Å². The van der Waals surface area contributed by atoms with Gasteiger partial charge in [-0.1, -0.05) is 32.0 Å². The van der Waals surface area contributed by atoms with Crippen LogP contribution in [0, 0.1) is 0 Å². The number of rotatable bonds is 1. The summed E-state index contributed by atoms with van der Waals surface area (Å²) in [5, 5.41) is 9.28. The molecule has 0 amide bonds. The van der Waals surface area contributed by atoms with Gasteiger partial charge in [-0.3, -0.25) is 0 Å². The second-order valence-electron chi connectivity index (χ2n) is 2.71. The summed E-state index contributed by atoms with van der Waals surface area (Å²) in [5.41, 5.74) is 1.02. The van der Waals surface area contributed by atoms with Crippen LogP contribution in [0.15, 0.2) is 24.3 Å². The van der Waals surface area contributed by atoms with Gasteiger partial charge in [-0.05, 0) is 17.5 Å². The van der Waals surface area contributed by atoms with Crippen LogP contribution in [0.1, 0.15) is 26.8 Å². The minimum atomic E-state index is 0. The fourth-order valence-corrected chi connectivity index (χ4v) is 0.976. The molecule has 0 fully saturated rings. The number of phenolic OH excluding ortho intramolecular Hbond substituents is 1. The first-order valence-electron chi connectivity index (χ1n) is 3.49. The van der Waals surface area contributed by atoms with Gasteiger partial charge >= 0.3 is 29.6 Å². The van der Waals surface area contributed by atoms with E-state index in [4.69, 9.17) is 0 Å². The van der Waals surface area contributed by atoms with E-state index in [-0.39, 0.29) is 31.0 Å². The Morgan fingerprint density at radius 1 is 1.27 bits per heavy atom. The van der Waals surface area contributed by atoms with Crippen molar-refractivity contribution >= 4 is 0 Å². The summed E-state index contributed by atoms with van der Waals surface area (Å²) in [5.74, 6) is 0.804. The summed E-state index contributed by atoms with van der Waals surface area (Å²) in [7, 11) is 0. The van der Waals surface area contributed by atoms with Crippen LogP contribution in [0.3, 0.4) is 0 Å². The molecular weight excluding hydrogens is 147 g/mol. The molecule has 0 aliphatic rings. The Hall–Kier alpha value is 0.0200. The van der Waals surface area contributed by atoms with Gasteiger partial charge in [-0.2, -0.15) is 0 Å². The van der Waals surface area contributed by atoms with Gasteiger partial charge in [0.15, 0.2) is 0 Å². The predicted molar refractivity (Wildman–Crippen MR) is 43.3 cm³/mol. The van der Waals surface area contributed by atoms with Crippen molar-refractivity contribution < 1.29 is 36.1 Å². The molecule has 0 heterocycles. The molecule has 0 bridgehead atoms. The molecule has 0 spiro atoms. The normalized spacial score (nSPS) is 9.36. The molecule has 2 heteroatoms. The van der Waals surface area contributed by atoms with Crippen molar-refractivity contribution in [3.05, 3.63) is 29.8 Å². The summed E-state index contributed by atoms with van der Waals surface area (Å²) in [6.07, 6.45) is 0. The van der Waals surface area contributed by atoms with E-state index in [1.165, 1.54) is 0 Å². The number of benzene rings is 1. The molecule has 0 aliphatic carbocycles. The van der Waals surface area contributed by atoms with Crippen LogP contribution in [0.2, 0.25) is 0 Å². The van der Waals surface area contributed by atoms with E-state index in [1.807, 2.05) is 18.2 Å². The molecule has 0 unspecified atom stereocenters. The van der Waals surface area contributed by atoms with Crippen LogP contribution in [-0.2, 0) is 0 Å². The maximum absolute atomic E-state index is 9.28. The minimum Gasteiger partial charge on any atom is -1.00 e. The molecule has 56 valence electrons. The van der Waals surface area contributed by atoms with Crippen LogP contribution in [0.4, 0.5) is 0 Å². The van der Waals surface area contributed by atoms with Crippen molar-refractivity contribution in [2.24, 2.45) is 0 Å². The van der Waals surface area contributed by atoms with E-state index in [2.05, 4.69) is 13.8 Å². The third-order valence-electron chi connectivity index (χ3n) is 1.56. The Labute approximate surface area is 91.2 Å². The van der Waals surface area contributed by atoms with E-state index >= 15 is 0 Å². The van der Waals surface area contributed by atoms with Gasteiger partial charge in [0.1, 0.15) is 5.75 Å². The van der Waals surface area contributed by atoms with Crippen molar-refractivity contribution in [3.8, 4) is 5.75 Å². The molecule has 1 nitrogen and oxygen atoms in total. The van der Waals surface area contributed by atoms with Gasteiger partial charge in [0.05, 0.1) is 0 Å². The molecule has 0 saturated carbocycles. The molecule has 1 aromatic rings. The number of hydrogen-bond donors (Lipinski definition) is 1. The Bertz CT molecular complexity index is 226. The van der Waals surface area contributed by atoms with E-state index in [0.29, 0.717) is 11.7 Å². The van der Waals surface area contributed by atoms with Crippen LogP contribution in [0.5, 0.6) is 5.75 Å². The fourth-order valence-electron chi connectivity index (χ4n) is 0.976. The monoisotopic (exact) mass is 160 g/mol. The Balaban J connectivity index is 0. The molecule has 0 saturated heterocycles. The van der Waals surface area contributed by atoms with Crippen LogP contribution in [-0.4, -0.2) is 5.11 Å². The zero-order valence-electron chi connectivity index (χ0n) is 8.33. The molecule has 11 heavy (non-hydrogen) atoms. The largest absolute Gasteiger partial charge is 1.00 e. The average Bonchev–Trinajstić information content (AvgIpc) is 1.88. The van der Waals surface area contributed by atoms with Gasteiger partial charge in [0.2, 0.25) is 0 Å². The number of hydrogen-bond acceptors (Lipinski definition) is 1. The topological polar surface area (TPSA) is 20.2 Å². The first-order valence-corrected chi connectivity index (χ1v) is 3.49. The van der Waals surface area contributed by atoms with E-state index in [1.54, 1.807) is 6.07 Å². The second kappa shape index (κ2) is 4.81. The molecule has 0 radical (unpaired) electrons. The summed E-state index contributed by atoms with van der Waals surface area (Å²) in [6.45, 7) is 4.13. The van der Waals surface area contributed by atoms with Crippen LogP contribution in [0.25, 0.3) is 0 Å². The summed E-state index contributed by atoms with van der Waals surface area (Å²) >= 11 is 0. The van der Waals surface area contributed by atoms with E-state index in [0.717, 1.165) is 5.56 Å². The summed E-state index contributed by atoms with van der Waals surface area (Å²) in [6, 6.07) is 7.44. The standard InChI is InChI=1S/C9H12O.Na.H/c1-7(2)8-5-3-4-6-9(8)10;;/h3-7,10H,1-2H3;;/q;+1;-1. The fraction of sp³-hybridized carbons (Fsp3) is 0.333. The Morgan fingerprint density at radius 3 is 2.18 bits per heavy atom. The van der Waals surface area contributed by atoms with Gasteiger partial charge in [0.25, 0.3) is 0 Å². The van der Waals surface area contributed by atoms with E-state index in [9.17, 15) is 5.11 Å².